The van der Waals surface area contributed by atoms with Gasteiger partial charge in [-0.25, -0.2) is 13.5 Å². The lowest BCUT2D eigenvalue weighted by atomic mass is 9.99. The molecule has 2 aliphatic heterocycles. The second-order valence-corrected chi connectivity index (χ2v) is 6.49. The molecule has 2 unspecified atom stereocenters. The highest BCUT2D eigenvalue weighted by atomic mass is 19.1. The molecule has 1 aromatic heterocycles. The van der Waals surface area contributed by atoms with E-state index in [1.54, 1.807) is 30.7 Å². The number of aryl methyl sites for hydroxylation is 2. The number of rotatable bonds is 1. The topological polar surface area (TPSA) is 29.9 Å². The average Bonchev–Trinajstić information content (AvgIpc) is 3.05. The van der Waals surface area contributed by atoms with Crippen molar-refractivity contribution in [2.45, 2.75) is 51.9 Å². The normalized spacial score (nSPS) is 26.3. The minimum absolute atomic E-state index is 0.114. The molecule has 3 atom stereocenters. The number of halogens is 2. The third-order valence-corrected chi connectivity index (χ3v) is 5.00. The lowest BCUT2D eigenvalue weighted by molar-refractivity contribution is 0.244. The summed E-state index contributed by atoms with van der Waals surface area (Å²) in [6, 6.07) is 3.62. The summed E-state index contributed by atoms with van der Waals surface area (Å²) in [4.78, 5) is 0. The zero-order valence-corrected chi connectivity index (χ0v) is 13.0. The Labute approximate surface area is 128 Å². The first-order chi connectivity index (χ1) is 10.5. The largest absolute Gasteiger partial charge is 0.304 e. The number of hydrogen-bond acceptors (Lipinski definition) is 2. The summed E-state index contributed by atoms with van der Waals surface area (Å²) in [5.41, 5.74) is 4.45. The molecule has 2 aromatic rings. The van der Waals surface area contributed by atoms with Gasteiger partial charge in [0.05, 0.1) is 5.69 Å². The molecule has 1 aromatic carbocycles. The quantitative estimate of drug-likeness (QED) is 0.869. The van der Waals surface area contributed by atoms with E-state index in [-0.39, 0.29) is 17.9 Å². The molecular weight excluding hydrogens is 284 g/mol. The second kappa shape index (κ2) is 4.62. The van der Waals surface area contributed by atoms with Gasteiger partial charge in [-0.15, -0.1) is 0 Å². The van der Waals surface area contributed by atoms with Crippen LogP contribution in [-0.4, -0.2) is 15.8 Å². The number of fused-ring (bicyclic) bond motifs is 4. The molecule has 4 rings (SSSR count). The van der Waals surface area contributed by atoms with E-state index in [1.165, 1.54) is 0 Å². The molecule has 0 spiro atoms. The maximum Gasteiger partial charge on any atom is 0.159 e. The smallest absolute Gasteiger partial charge is 0.159 e. The van der Waals surface area contributed by atoms with Crippen molar-refractivity contribution >= 4 is 0 Å². The van der Waals surface area contributed by atoms with E-state index in [4.69, 9.17) is 0 Å². The number of nitrogens with zero attached hydrogens (tertiary/aromatic N) is 2. The summed E-state index contributed by atoms with van der Waals surface area (Å²) in [5.74, 6) is -0.192. The van der Waals surface area contributed by atoms with Crippen LogP contribution in [-0.2, 0) is 0 Å². The second-order valence-electron chi connectivity index (χ2n) is 6.49. The predicted molar refractivity (Wildman–Crippen MR) is 80.5 cm³/mol. The molecular formula is C17H19F2N3. The molecule has 2 bridgehead atoms. The fourth-order valence-electron chi connectivity index (χ4n) is 3.89. The third kappa shape index (κ3) is 1.78. The Balaban J connectivity index is 1.89. The fraction of sp³-hybridized carbons (Fsp3) is 0.471. The number of hydrogen-bond donors (Lipinski definition) is 1. The molecule has 1 fully saturated rings. The van der Waals surface area contributed by atoms with E-state index >= 15 is 0 Å². The Bertz CT molecular complexity index is 742. The Morgan fingerprint density at radius 2 is 1.86 bits per heavy atom. The number of nitrogens with one attached hydrogen (secondary N) is 1. The summed E-state index contributed by atoms with van der Waals surface area (Å²) in [6.45, 7) is 5.45. The van der Waals surface area contributed by atoms with Gasteiger partial charge < -0.3 is 5.32 Å². The number of alkyl halides is 1. The van der Waals surface area contributed by atoms with Crippen molar-refractivity contribution in [2.24, 2.45) is 0 Å². The van der Waals surface area contributed by atoms with Crippen molar-refractivity contribution in [2.75, 3.05) is 0 Å². The molecule has 0 amide bonds. The van der Waals surface area contributed by atoms with Gasteiger partial charge in [0, 0.05) is 23.3 Å². The first kappa shape index (κ1) is 13.9. The molecule has 116 valence electrons. The van der Waals surface area contributed by atoms with Crippen LogP contribution in [0.2, 0.25) is 0 Å². The van der Waals surface area contributed by atoms with Gasteiger partial charge in [-0.2, -0.15) is 5.10 Å². The molecule has 0 saturated carbocycles. The summed E-state index contributed by atoms with van der Waals surface area (Å²) < 4.78 is 30.2. The predicted octanol–water partition coefficient (Wildman–Crippen LogP) is 3.75. The third-order valence-electron chi connectivity index (χ3n) is 5.00. The van der Waals surface area contributed by atoms with Crippen LogP contribution in [0.4, 0.5) is 8.78 Å². The molecule has 2 aliphatic rings. The fourth-order valence-corrected chi connectivity index (χ4v) is 3.89. The number of benzene rings is 1. The molecule has 3 heterocycles. The monoisotopic (exact) mass is 303 g/mol. The molecule has 1 N–H and O–H groups in total. The zero-order valence-electron chi connectivity index (χ0n) is 13.0. The van der Waals surface area contributed by atoms with E-state index in [2.05, 4.69) is 10.4 Å². The van der Waals surface area contributed by atoms with E-state index in [9.17, 15) is 8.78 Å². The van der Waals surface area contributed by atoms with Crippen molar-refractivity contribution in [3.63, 3.8) is 0 Å². The molecule has 22 heavy (non-hydrogen) atoms. The molecule has 1 saturated heterocycles. The van der Waals surface area contributed by atoms with Gasteiger partial charge in [-0.3, -0.25) is 0 Å². The Kier molecular flexibility index (Phi) is 2.92. The maximum absolute atomic E-state index is 14.6. The van der Waals surface area contributed by atoms with Gasteiger partial charge in [0.1, 0.15) is 11.5 Å². The van der Waals surface area contributed by atoms with Crippen molar-refractivity contribution in [3.8, 4) is 5.69 Å². The maximum atomic E-state index is 14.6. The van der Waals surface area contributed by atoms with Crippen molar-refractivity contribution in [1.29, 1.82) is 0 Å². The van der Waals surface area contributed by atoms with Gasteiger partial charge in [0.15, 0.2) is 6.17 Å². The Morgan fingerprint density at radius 3 is 2.55 bits per heavy atom. The van der Waals surface area contributed by atoms with Crippen LogP contribution < -0.4 is 5.32 Å². The Hall–Kier alpha value is -1.75. The van der Waals surface area contributed by atoms with Crippen molar-refractivity contribution in [3.05, 3.63) is 46.0 Å². The Morgan fingerprint density at radius 1 is 1.18 bits per heavy atom. The van der Waals surface area contributed by atoms with Gasteiger partial charge in [-0.05, 0) is 56.9 Å². The van der Waals surface area contributed by atoms with Crippen LogP contribution in [0.5, 0.6) is 0 Å². The average molecular weight is 303 g/mol. The van der Waals surface area contributed by atoms with Crippen molar-refractivity contribution in [1.82, 2.24) is 15.1 Å². The van der Waals surface area contributed by atoms with Gasteiger partial charge in [-0.1, -0.05) is 0 Å². The summed E-state index contributed by atoms with van der Waals surface area (Å²) in [5, 5.41) is 7.88. The SMILES string of the molecule is Cc1cc(-n2nc3c(c2C)C2CCC(N2)[C@@H]3F)cc(C)c1F. The highest BCUT2D eigenvalue weighted by Crippen LogP contribution is 2.44. The van der Waals surface area contributed by atoms with E-state index in [0.717, 1.165) is 29.8 Å². The molecule has 0 aliphatic carbocycles. The van der Waals surface area contributed by atoms with Crippen molar-refractivity contribution < 1.29 is 8.78 Å². The lowest BCUT2D eigenvalue weighted by Crippen LogP contribution is -2.34. The van der Waals surface area contributed by atoms with E-state index < -0.39 is 6.17 Å². The molecule has 3 nitrogen and oxygen atoms in total. The minimum Gasteiger partial charge on any atom is -0.304 e. The minimum atomic E-state index is -1.06. The molecule has 5 heteroatoms. The summed E-state index contributed by atoms with van der Waals surface area (Å²) in [7, 11) is 0. The van der Waals surface area contributed by atoms with Gasteiger partial charge >= 0.3 is 0 Å². The summed E-state index contributed by atoms with van der Waals surface area (Å²) >= 11 is 0. The highest BCUT2D eigenvalue weighted by molar-refractivity contribution is 5.45. The van der Waals surface area contributed by atoms with Crippen LogP contribution in [0.15, 0.2) is 12.1 Å². The van der Waals surface area contributed by atoms with Crippen LogP contribution in [0.3, 0.4) is 0 Å². The van der Waals surface area contributed by atoms with Crippen LogP contribution in [0.1, 0.15) is 53.1 Å². The first-order valence-electron chi connectivity index (χ1n) is 7.74. The van der Waals surface area contributed by atoms with Crippen LogP contribution in [0.25, 0.3) is 5.69 Å². The summed E-state index contributed by atoms with van der Waals surface area (Å²) in [6.07, 6.45) is 0.749. The standard InChI is InChI=1S/C17H19F2N3/c1-8-6-11(7-9(2)15(8)18)22-10(3)14-12-4-5-13(20-12)16(19)17(14)21-22/h6-7,12-13,16,20H,4-5H2,1-3H3/t12?,13?,16-/m0/s1. The van der Waals surface area contributed by atoms with Gasteiger partial charge in [0.25, 0.3) is 0 Å². The number of aromatic nitrogens is 2. The highest BCUT2D eigenvalue weighted by Gasteiger charge is 2.43. The van der Waals surface area contributed by atoms with Crippen LogP contribution in [0, 0.1) is 26.6 Å². The lowest BCUT2D eigenvalue weighted by Gasteiger charge is -2.24. The first-order valence-corrected chi connectivity index (χ1v) is 7.74. The van der Waals surface area contributed by atoms with E-state index in [1.807, 2.05) is 6.92 Å². The van der Waals surface area contributed by atoms with Crippen LogP contribution >= 0.6 is 0 Å². The molecule has 0 radical (unpaired) electrons. The van der Waals surface area contributed by atoms with Gasteiger partial charge in [0.2, 0.25) is 0 Å². The van der Waals surface area contributed by atoms with E-state index in [0.29, 0.717) is 16.8 Å². The zero-order chi connectivity index (χ0) is 15.6.